The van der Waals surface area contributed by atoms with E-state index in [9.17, 15) is 20.4 Å². The zero-order valence-electron chi connectivity index (χ0n) is 11.8. The van der Waals surface area contributed by atoms with Gasteiger partial charge in [0.15, 0.2) is 0 Å². The predicted molar refractivity (Wildman–Crippen MR) is 76.6 cm³/mol. The highest BCUT2D eigenvalue weighted by Crippen LogP contribution is 2.50. The van der Waals surface area contributed by atoms with Crippen molar-refractivity contribution in [1.82, 2.24) is 0 Å². The second-order valence-electron chi connectivity index (χ2n) is 6.52. The van der Waals surface area contributed by atoms with Crippen LogP contribution in [0.2, 0.25) is 0 Å². The molecule has 1 saturated heterocycles. The number of aliphatic hydroxyl groups is 5. The van der Waals surface area contributed by atoms with Gasteiger partial charge in [-0.15, -0.1) is 11.8 Å². The number of ether oxygens (including phenoxy) is 1. The van der Waals surface area contributed by atoms with Crippen molar-refractivity contribution < 1.29 is 30.3 Å². The van der Waals surface area contributed by atoms with Gasteiger partial charge < -0.3 is 30.3 Å². The molecular weight excluding hydrogens is 296 g/mol. The highest BCUT2D eigenvalue weighted by molar-refractivity contribution is 7.99. The lowest BCUT2D eigenvalue weighted by Crippen LogP contribution is -2.57. The lowest BCUT2D eigenvalue weighted by molar-refractivity contribution is -0.205. The normalized spacial score (nSPS) is 53.3. The van der Waals surface area contributed by atoms with E-state index in [1.165, 1.54) is 11.8 Å². The van der Waals surface area contributed by atoms with Gasteiger partial charge in [-0.25, -0.2) is 0 Å². The topological polar surface area (TPSA) is 110 Å². The second kappa shape index (κ2) is 6.31. The molecule has 9 atom stereocenters. The van der Waals surface area contributed by atoms with Gasteiger partial charge in [-0.1, -0.05) is 0 Å². The first-order valence-electron chi connectivity index (χ1n) is 7.63. The van der Waals surface area contributed by atoms with E-state index in [0.717, 1.165) is 19.3 Å². The first kappa shape index (κ1) is 16.0. The van der Waals surface area contributed by atoms with Gasteiger partial charge in [-0.3, -0.25) is 0 Å². The van der Waals surface area contributed by atoms with E-state index in [0.29, 0.717) is 17.6 Å². The summed E-state index contributed by atoms with van der Waals surface area (Å²) in [6, 6.07) is 0. The average Bonchev–Trinajstić information content (AvgIpc) is 3.06. The van der Waals surface area contributed by atoms with E-state index in [-0.39, 0.29) is 12.0 Å². The Bertz CT molecular complexity index is 365. The SMILES string of the molecule is OC[C@H]1O[C@@H](SCC2C3CCC(C3)C2O)[C@H](O)[C@@H](O)[C@H]1O. The predicted octanol–water partition coefficient (Wildman–Crippen LogP) is -1.07. The van der Waals surface area contributed by atoms with Gasteiger partial charge in [0.1, 0.15) is 29.9 Å². The van der Waals surface area contributed by atoms with Gasteiger partial charge in [0.05, 0.1) is 12.7 Å². The number of hydrogen-bond acceptors (Lipinski definition) is 7. The lowest BCUT2D eigenvalue weighted by atomic mass is 9.88. The van der Waals surface area contributed by atoms with Crippen LogP contribution in [-0.4, -0.2) is 73.8 Å². The Morgan fingerprint density at radius 3 is 2.24 bits per heavy atom. The first-order chi connectivity index (χ1) is 10.0. The van der Waals surface area contributed by atoms with Gasteiger partial charge in [-0.2, -0.15) is 0 Å². The Morgan fingerprint density at radius 1 is 0.905 bits per heavy atom. The largest absolute Gasteiger partial charge is 0.394 e. The maximum atomic E-state index is 10.2. The highest BCUT2D eigenvalue weighted by atomic mass is 32.2. The number of hydrogen-bond donors (Lipinski definition) is 5. The Hall–Kier alpha value is 0.110. The molecule has 0 aromatic rings. The summed E-state index contributed by atoms with van der Waals surface area (Å²) in [6.07, 6.45) is -1.61. The van der Waals surface area contributed by atoms with Crippen LogP contribution in [0, 0.1) is 17.8 Å². The van der Waals surface area contributed by atoms with Crippen molar-refractivity contribution in [1.29, 1.82) is 0 Å². The summed E-state index contributed by atoms with van der Waals surface area (Å²) in [5, 5.41) is 48.9. The minimum absolute atomic E-state index is 0.209. The quantitative estimate of drug-likeness (QED) is 0.448. The maximum absolute atomic E-state index is 10.2. The van der Waals surface area contributed by atoms with Crippen LogP contribution < -0.4 is 0 Å². The van der Waals surface area contributed by atoms with Gasteiger partial charge in [0.25, 0.3) is 0 Å². The van der Waals surface area contributed by atoms with E-state index in [1.807, 2.05) is 0 Å². The van der Waals surface area contributed by atoms with Crippen LogP contribution in [0.25, 0.3) is 0 Å². The van der Waals surface area contributed by atoms with Crippen molar-refractivity contribution >= 4 is 11.8 Å². The minimum Gasteiger partial charge on any atom is -0.394 e. The summed E-state index contributed by atoms with van der Waals surface area (Å²) in [6.45, 7) is -0.404. The Balaban J connectivity index is 1.57. The molecule has 6 nitrogen and oxygen atoms in total. The molecule has 122 valence electrons. The Morgan fingerprint density at radius 2 is 1.62 bits per heavy atom. The van der Waals surface area contributed by atoms with Crippen LogP contribution in [0.4, 0.5) is 0 Å². The number of thioether (sulfide) groups is 1. The molecule has 3 aliphatic rings. The molecule has 3 rings (SSSR count). The van der Waals surface area contributed by atoms with Crippen LogP contribution in [-0.2, 0) is 4.74 Å². The van der Waals surface area contributed by atoms with E-state index in [2.05, 4.69) is 0 Å². The molecule has 7 heteroatoms. The van der Waals surface area contributed by atoms with Crippen LogP contribution in [0.3, 0.4) is 0 Å². The molecule has 4 unspecified atom stereocenters. The van der Waals surface area contributed by atoms with E-state index >= 15 is 0 Å². The number of fused-ring (bicyclic) bond motifs is 2. The van der Waals surface area contributed by atoms with Crippen molar-refractivity contribution in [3.05, 3.63) is 0 Å². The second-order valence-corrected chi connectivity index (χ2v) is 7.65. The molecule has 5 N–H and O–H groups in total. The molecule has 0 radical (unpaired) electrons. The summed E-state index contributed by atoms with van der Waals surface area (Å²) >= 11 is 1.36. The summed E-state index contributed by atoms with van der Waals surface area (Å²) in [4.78, 5) is 0. The molecule has 0 amide bonds. The molecule has 0 aromatic heterocycles. The monoisotopic (exact) mass is 320 g/mol. The number of aliphatic hydroxyl groups excluding tert-OH is 5. The molecule has 3 fully saturated rings. The van der Waals surface area contributed by atoms with Gasteiger partial charge >= 0.3 is 0 Å². The Kier molecular flexibility index (Phi) is 4.80. The van der Waals surface area contributed by atoms with Crippen LogP contribution >= 0.6 is 11.8 Å². The fourth-order valence-corrected chi connectivity index (χ4v) is 5.49. The molecular formula is C14H24O6S. The zero-order valence-corrected chi connectivity index (χ0v) is 12.6. The zero-order chi connectivity index (χ0) is 15.1. The van der Waals surface area contributed by atoms with Crippen molar-refractivity contribution in [2.45, 2.75) is 55.2 Å². The van der Waals surface area contributed by atoms with Crippen molar-refractivity contribution in [2.75, 3.05) is 12.4 Å². The minimum atomic E-state index is -1.32. The van der Waals surface area contributed by atoms with E-state index < -0.39 is 36.5 Å². The standard InChI is InChI=1S/C14H24O6S/c15-4-9-11(17)12(18)13(19)14(20-9)21-5-8-6-1-2-7(3-6)10(8)16/h6-19H,1-5H2/t6?,7?,8?,9-,10?,11+,12+,13-,14+/m1/s1. The smallest absolute Gasteiger partial charge is 0.132 e. The third-order valence-electron chi connectivity index (χ3n) is 5.34. The first-order valence-corrected chi connectivity index (χ1v) is 8.68. The third-order valence-corrected chi connectivity index (χ3v) is 6.64. The van der Waals surface area contributed by atoms with E-state index in [1.54, 1.807) is 0 Å². The van der Waals surface area contributed by atoms with Gasteiger partial charge in [-0.05, 0) is 37.0 Å². The van der Waals surface area contributed by atoms with Gasteiger partial charge in [0, 0.05) is 5.75 Å². The molecule has 1 heterocycles. The van der Waals surface area contributed by atoms with Crippen molar-refractivity contribution in [2.24, 2.45) is 17.8 Å². The maximum Gasteiger partial charge on any atom is 0.132 e. The summed E-state index contributed by atoms with van der Waals surface area (Å²) < 4.78 is 5.48. The summed E-state index contributed by atoms with van der Waals surface area (Å²) in [5.74, 6) is 1.82. The summed E-state index contributed by atoms with van der Waals surface area (Å²) in [7, 11) is 0. The summed E-state index contributed by atoms with van der Waals surface area (Å²) in [5.41, 5.74) is -0.688. The molecule has 2 bridgehead atoms. The van der Waals surface area contributed by atoms with Crippen molar-refractivity contribution in [3.8, 4) is 0 Å². The van der Waals surface area contributed by atoms with Crippen LogP contribution in [0.1, 0.15) is 19.3 Å². The lowest BCUT2D eigenvalue weighted by Gasteiger charge is -2.40. The highest BCUT2D eigenvalue weighted by Gasteiger charge is 2.48. The third kappa shape index (κ3) is 2.85. The van der Waals surface area contributed by atoms with Gasteiger partial charge in [0.2, 0.25) is 0 Å². The number of rotatable bonds is 4. The van der Waals surface area contributed by atoms with E-state index in [4.69, 9.17) is 9.84 Å². The molecule has 0 spiro atoms. The molecule has 2 saturated carbocycles. The van der Waals surface area contributed by atoms with Crippen molar-refractivity contribution in [3.63, 3.8) is 0 Å². The van der Waals surface area contributed by atoms with Crippen LogP contribution in [0.15, 0.2) is 0 Å². The Labute approximate surface area is 128 Å². The molecule has 2 aliphatic carbocycles. The van der Waals surface area contributed by atoms with Crippen LogP contribution in [0.5, 0.6) is 0 Å². The molecule has 0 aromatic carbocycles. The molecule has 1 aliphatic heterocycles. The fraction of sp³-hybridized carbons (Fsp3) is 1.00. The molecule has 21 heavy (non-hydrogen) atoms. The fourth-order valence-electron chi connectivity index (χ4n) is 4.03. The average molecular weight is 320 g/mol.